The van der Waals surface area contributed by atoms with Crippen LogP contribution in [0.5, 0.6) is 0 Å². The maximum absolute atomic E-state index is 2.48. The molecule has 2 aliphatic rings. The molecule has 0 amide bonds. The standard InChI is InChI=1S/C19H17NS/c1-14-11-12-19-17(13-14)20(15-7-3-2-4-8-15)16-9-5-6-10-18(16)21-19/h2-13,17,19H,1H3. The largest absolute Gasteiger partial charge is 0.332 e. The van der Waals surface area contributed by atoms with Crippen LogP contribution in [0.3, 0.4) is 0 Å². The van der Waals surface area contributed by atoms with E-state index >= 15 is 0 Å². The van der Waals surface area contributed by atoms with Crippen molar-refractivity contribution in [3.8, 4) is 0 Å². The predicted octanol–water partition coefficient (Wildman–Crippen LogP) is 5.18. The molecule has 2 unspecified atom stereocenters. The van der Waals surface area contributed by atoms with Crippen LogP contribution < -0.4 is 4.90 Å². The van der Waals surface area contributed by atoms with Gasteiger partial charge in [-0.3, -0.25) is 0 Å². The third-order valence-electron chi connectivity index (χ3n) is 4.04. The monoisotopic (exact) mass is 291 g/mol. The first-order chi connectivity index (χ1) is 10.3. The molecule has 1 aliphatic carbocycles. The fourth-order valence-electron chi connectivity index (χ4n) is 3.07. The molecule has 0 bridgehead atoms. The molecular formula is C19H17NS. The Morgan fingerprint density at radius 3 is 2.57 bits per heavy atom. The zero-order valence-electron chi connectivity index (χ0n) is 11.9. The first-order valence-electron chi connectivity index (χ1n) is 7.29. The van der Waals surface area contributed by atoms with Gasteiger partial charge in [-0.25, -0.2) is 0 Å². The number of hydrogen-bond donors (Lipinski definition) is 0. The Bertz CT molecular complexity index is 717. The molecule has 4 rings (SSSR count). The maximum atomic E-state index is 2.48. The van der Waals surface area contributed by atoms with E-state index in [4.69, 9.17) is 0 Å². The summed E-state index contributed by atoms with van der Waals surface area (Å²) in [5, 5.41) is 0.476. The molecule has 1 aliphatic heterocycles. The zero-order chi connectivity index (χ0) is 14.2. The topological polar surface area (TPSA) is 3.24 Å². The fraction of sp³-hybridized carbons (Fsp3) is 0.158. The number of nitrogens with zero attached hydrogens (tertiary/aromatic N) is 1. The summed E-state index contributed by atoms with van der Waals surface area (Å²) in [5.74, 6) is 0. The second-order valence-electron chi connectivity index (χ2n) is 5.52. The lowest BCUT2D eigenvalue weighted by molar-refractivity contribution is 0.772. The van der Waals surface area contributed by atoms with Crippen LogP contribution in [-0.4, -0.2) is 11.3 Å². The Hall–Kier alpha value is -1.93. The Balaban J connectivity index is 1.89. The van der Waals surface area contributed by atoms with Crippen LogP contribution in [-0.2, 0) is 0 Å². The average molecular weight is 291 g/mol. The molecule has 0 N–H and O–H groups in total. The summed E-state index contributed by atoms with van der Waals surface area (Å²) in [5.41, 5.74) is 3.92. The normalized spacial score (nSPS) is 23.3. The minimum atomic E-state index is 0.386. The van der Waals surface area contributed by atoms with Crippen molar-refractivity contribution in [2.45, 2.75) is 23.1 Å². The lowest BCUT2D eigenvalue weighted by atomic mass is 9.99. The van der Waals surface area contributed by atoms with Gasteiger partial charge in [0.15, 0.2) is 0 Å². The first-order valence-corrected chi connectivity index (χ1v) is 8.17. The SMILES string of the molecule is CC1=CC2C(C=C1)Sc1ccccc1N2c1ccccc1. The summed E-state index contributed by atoms with van der Waals surface area (Å²) < 4.78 is 0. The van der Waals surface area contributed by atoms with Gasteiger partial charge < -0.3 is 4.90 Å². The highest BCUT2D eigenvalue weighted by Crippen LogP contribution is 2.47. The summed E-state index contributed by atoms with van der Waals surface area (Å²) in [6.07, 6.45) is 6.97. The molecule has 21 heavy (non-hydrogen) atoms. The van der Waals surface area contributed by atoms with Gasteiger partial charge in [-0.15, -0.1) is 11.8 Å². The van der Waals surface area contributed by atoms with Crippen LogP contribution in [0.2, 0.25) is 0 Å². The van der Waals surface area contributed by atoms with Crippen LogP contribution in [0.1, 0.15) is 6.92 Å². The van der Waals surface area contributed by atoms with Crippen molar-refractivity contribution in [3.05, 3.63) is 78.4 Å². The Morgan fingerprint density at radius 1 is 0.952 bits per heavy atom. The van der Waals surface area contributed by atoms with E-state index in [-0.39, 0.29) is 0 Å². The van der Waals surface area contributed by atoms with E-state index < -0.39 is 0 Å². The van der Waals surface area contributed by atoms with E-state index in [1.807, 2.05) is 11.8 Å². The van der Waals surface area contributed by atoms with Gasteiger partial charge >= 0.3 is 0 Å². The van der Waals surface area contributed by atoms with Gasteiger partial charge in [0.25, 0.3) is 0 Å². The molecule has 2 atom stereocenters. The number of allylic oxidation sites excluding steroid dienone is 2. The molecule has 0 saturated heterocycles. The molecule has 0 fully saturated rings. The smallest absolute Gasteiger partial charge is 0.0685 e. The zero-order valence-corrected chi connectivity index (χ0v) is 12.8. The molecule has 0 aromatic heterocycles. The van der Waals surface area contributed by atoms with E-state index in [0.717, 1.165) is 0 Å². The highest BCUT2D eigenvalue weighted by atomic mass is 32.2. The predicted molar refractivity (Wildman–Crippen MR) is 91.4 cm³/mol. The van der Waals surface area contributed by atoms with Gasteiger partial charge in [0.05, 0.1) is 17.0 Å². The Labute approximate surface area is 130 Å². The van der Waals surface area contributed by atoms with Crippen LogP contribution in [0.4, 0.5) is 11.4 Å². The molecule has 2 heteroatoms. The molecule has 2 aromatic rings. The van der Waals surface area contributed by atoms with Crippen molar-refractivity contribution in [3.63, 3.8) is 0 Å². The Morgan fingerprint density at radius 2 is 1.71 bits per heavy atom. The molecule has 104 valence electrons. The van der Waals surface area contributed by atoms with Crippen molar-refractivity contribution in [1.29, 1.82) is 0 Å². The van der Waals surface area contributed by atoms with Gasteiger partial charge in [0.2, 0.25) is 0 Å². The third kappa shape index (κ3) is 2.20. The van der Waals surface area contributed by atoms with Gasteiger partial charge in [-0.2, -0.15) is 0 Å². The van der Waals surface area contributed by atoms with E-state index in [9.17, 15) is 0 Å². The summed E-state index contributed by atoms with van der Waals surface area (Å²) in [4.78, 5) is 3.84. The lowest BCUT2D eigenvalue weighted by Gasteiger charge is -2.42. The van der Waals surface area contributed by atoms with E-state index in [1.54, 1.807) is 0 Å². The molecular weight excluding hydrogens is 274 g/mol. The van der Waals surface area contributed by atoms with E-state index in [1.165, 1.54) is 21.8 Å². The van der Waals surface area contributed by atoms with Gasteiger partial charge in [-0.1, -0.05) is 54.1 Å². The van der Waals surface area contributed by atoms with E-state index in [0.29, 0.717) is 11.3 Å². The van der Waals surface area contributed by atoms with Crippen LogP contribution in [0, 0.1) is 0 Å². The van der Waals surface area contributed by atoms with E-state index in [2.05, 4.69) is 84.6 Å². The summed E-state index contributed by atoms with van der Waals surface area (Å²) in [6, 6.07) is 19.8. The highest BCUT2D eigenvalue weighted by molar-refractivity contribution is 8.00. The third-order valence-corrected chi connectivity index (χ3v) is 5.35. The molecule has 2 aromatic carbocycles. The maximum Gasteiger partial charge on any atom is 0.0685 e. The van der Waals surface area contributed by atoms with Crippen molar-refractivity contribution in [1.82, 2.24) is 0 Å². The quantitative estimate of drug-likeness (QED) is 0.712. The van der Waals surface area contributed by atoms with Crippen molar-refractivity contribution in [2.24, 2.45) is 0 Å². The van der Waals surface area contributed by atoms with Gasteiger partial charge in [0.1, 0.15) is 0 Å². The fourth-order valence-corrected chi connectivity index (χ4v) is 4.31. The summed E-state index contributed by atoms with van der Waals surface area (Å²) >= 11 is 1.97. The Kier molecular flexibility index (Phi) is 3.12. The first kappa shape index (κ1) is 12.8. The van der Waals surface area contributed by atoms with Crippen molar-refractivity contribution in [2.75, 3.05) is 4.90 Å². The number of anilines is 2. The summed E-state index contributed by atoms with van der Waals surface area (Å²) in [6.45, 7) is 2.18. The number of fused-ring (bicyclic) bond motifs is 2. The van der Waals surface area contributed by atoms with Gasteiger partial charge in [0, 0.05) is 10.6 Å². The number of benzene rings is 2. The number of rotatable bonds is 1. The van der Waals surface area contributed by atoms with Crippen LogP contribution >= 0.6 is 11.8 Å². The lowest BCUT2D eigenvalue weighted by Crippen LogP contribution is -2.41. The van der Waals surface area contributed by atoms with Crippen LogP contribution in [0.15, 0.2) is 83.3 Å². The minimum absolute atomic E-state index is 0.386. The van der Waals surface area contributed by atoms with Crippen molar-refractivity contribution >= 4 is 23.1 Å². The molecule has 1 nitrogen and oxygen atoms in total. The summed E-state index contributed by atoms with van der Waals surface area (Å²) in [7, 11) is 0. The molecule has 0 saturated carbocycles. The minimum Gasteiger partial charge on any atom is -0.332 e. The second kappa shape index (κ2) is 5.12. The van der Waals surface area contributed by atoms with Gasteiger partial charge in [-0.05, 0) is 31.2 Å². The number of para-hydroxylation sites is 2. The molecule has 1 heterocycles. The molecule has 0 spiro atoms. The van der Waals surface area contributed by atoms with Crippen LogP contribution in [0.25, 0.3) is 0 Å². The number of thioether (sulfide) groups is 1. The average Bonchev–Trinajstić information content (AvgIpc) is 2.53. The molecule has 0 radical (unpaired) electrons. The second-order valence-corrected chi connectivity index (χ2v) is 6.74. The highest BCUT2D eigenvalue weighted by Gasteiger charge is 2.34. The van der Waals surface area contributed by atoms with Crippen molar-refractivity contribution < 1.29 is 0 Å². The number of hydrogen-bond acceptors (Lipinski definition) is 2.